The van der Waals surface area contributed by atoms with Gasteiger partial charge in [-0.3, -0.25) is 4.57 Å². The van der Waals surface area contributed by atoms with E-state index in [0.717, 1.165) is 17.0 Å². The predicted octanol–water partition coefficient (Wildman–Crippen LogP) is 1.29. The van der Waals surface area contributed by atoms with Gasteiger partial charge in [-0.05, 0) is 37.6 Å². The first-order chi connectivity index (χ1) is 10.0. The molecule has 1 aliphatic rings. The molecule has 0 spiro atoms. The second-order valence-electron chi connectivity index (χ2n) is 5.15. The molecular formula is C15H17N3O3. The van der Waals surface area contributed by atoms with Gasteiger partial charge >= 0.3 is 5.69 Å². The van der Waals surface area contributed by atoms with E-state index in [1.807, 2.05) is 31.2 Å². The molecule has 0 aliphatic carbocycles. The van der Waals surface area contributed by atoms with E-state index >= 15 is 0 Å². The highest BCUT2D eigenvalue weighted by Crippen LogP contribution is 2.34. The van der Waals surface area contributed by atoms with Crippen LogP contribution < -0.4 is 20.9 Å². The van der Waals surface area contributed by atoms with Crippen molar-refractivity contribution >= 4 is 0 Å². The van der Waals surface area contributed by atoms with Crippen molar-refractivity contribution in [3.05, 3.63) is 51.7 Å². The molecule has 0 saturated carbocycles. The smallest absolute Gasteiger partial charge is 0.348 e. The van der Waals surface area contributed by atoms with Gasteiger partial charge in [0, 0.05) is 24.0 Å². The van der Waals surface area contributed by atoms with E-state index in [1.165, 1.54) is 0 Å². The van der Waals surface area contributed by atoms with Crippen LogP contribution in [0.3, 0.4) is 0 Å². The first-order valence-electron chi connectivity index (χ1n) is 6.75. The Bertz CT molecular complexity index is 739. The molecule has 6 heteroatoms. The molecule has 110 valence electrons. The second-order valence-corrected chi connectivity index (χ2v) is 5.15. The lowest BCUT2D eigenvalue weighted by Gasteiger charge is -2.16. The number of fused-ring (bicyclic) bond motifs is 1. The maximum atomic E-state index is 12.0. The van der Waals surface area contributed by atoms with E-state index in [1.54, 1.807) is 11.5 Å². The number of hydrogen-bond acceptors (Lipinski definition) is 5. The van der Waals surface area contributed by atoms with Crippen LogP contribution in [0, 0.1) is 13.8 Å². The summed E-state index contributed by atoms with van der Waals surface area (Å²) < 4.78 is 12.2. The minimum absolute atomic E-state index is 0.231. The van der Waals surface area contributed by atoms with Crippen molar-refractivity contribution in [1.82, 2.24) is 9.55 Å². The predicted molar refractivity (Wildman–Crippen MR) is 77.5 cm³/mol. The molecule has 1 unspecified atom stereocenters. The van der Waals surface area contributed by atoms with Crippen LogP contribution in [0.2, 0.25) is 0 Å². The molecule has 0 amide bonds. The molecule has 6 nitrogen and oxygen atoms in total. The zero-order valence-electron chi connectivity index (χ0n) is 12.0. The monoisotopic (exact) mass is 287 g/mol. The Balaban J connectivity index is 1.87. The molecule has 2 heterocycles. The summed E-state index contributed by atoms with van der Waals surface area (Å²) in [4.78, 5) is 15.9. The number of hydrogen-bond donors (Lipinski definition) is 1. The van der Waals surface area contributed by atoms with Crippen LogP contribution in [-0.2, 0) is 6.54 Å². The first-order valence-corrected chi connectivity index (χ1v) is 6.75. The lowest BCUT2D eigenvalue weighted by Crippen LogP contribution is -2.30. The molecule has 1 aromatic heterocycles. The van der Waals surface area contributed by atoms with Gasteiger partial charge in [0.15, 0.2) is 11.5 Å². The molecule has 3 rings (SSSR count). The number of nitrogens with two attached hydrogens (primary N) is 1. The van der Waals surface area contributed by atoms with Gasteiger partial charge in [-0.2, -0.15) is 4.98 Å². The number of ether oxygens (including phenoxy) is 2. The topological polar surface area (TPSA) is 79.4 Å². The molecule has 1 aromatic carbocycles. The molecule has 1 aliphatic heterocycles. The Morgan fingerprint density at radius 2 is 2.05 bits per heavy atom. The van der Waals surface area contributed by atoms with Crippen molar-refractivity contribution in [2.75, 3.05) is 6.79 Å². The van der Waals surface area contributed by atoms with Crippen molar-refractivity contribution < 1.29 is 9.47 Å². The molecule has 1 atom stereocenters. The second kappa shape index (κ2) is 5.21. The number of rotatable bonds is 3. The standard InChI is InChI=1S/C15H17N3O3/c1-9-5-10(2)18(15(19)17-9)7-12(16)11-3-4-13-14(6-11)21-8-20-13/h3-6,12H,7-8,16H2,1-2H3. The van der Waals surface area contributed by atoms with Gasteiger partial charge in [0.2, 0.25) is 6.79 Å². The largest absolute Gasteiger partial charge is 0.454 e. The van der Waals surface area contributed by atoms with Gasteiger partial charge < -0.3 is 15.2 Å². The minimum Gasteiger partial charge on any atom is -0.454 e. The van der Waals surface area contributed by atoms with Crippen molar-refractivity contribution in [2.45, 2.75) is 26.4 Å². The average Bonchev–Trinajstić information content (AvgIpc) is 2.89. The third kappa shape index (κ3) is 2.62. The van der Waals surface area contributed by atoms with Crippen LogP contribution >= 0.6 is 0 Å². The fourth-order valence-electron chi connectivity index (χ4n) is 2.44. The summed E-state index contributed by atoms with van der Waals surface area (Å²) in [5.74, 6) is 1.41. The van der Waals surface area contributed by atoms with Gasteiger partial charge in [-0.25, -0.2) is 4.79 Å². The molecule has 2 aromatic rings. The lowest BCUT2D eigenvalue weighted by molar-refractivity contribution is 0.174. The molecule has 0 saturated heterocycles. The highest BCUT2D eigenvalue weighted by atomic mass is 16.7. The number of nitrogens with zero attached hydrogens (tertiary/aromatic N) is 2. The Labute approximate surface area is 122 Å². The Morgan fingerprint density at radius 3 is 2.81 bits per heavy atom. The van der Waals surface area contributed by atoms with Crippen LogP contribution in [0.1, 0.15) is 23.0 Å². The zero-order chi connectivity index (χ0) is 15.0. The summed E-state index contributed by atoms with van der Waals surface area (Å²) in [6, 6.07) is 7.13. The fraction of sp³-hybridized carbons (Fsp3) is 0.333. The summed E-state index contributed by atoms with van der Waals surface area (Å²) >= 11 is 0. The number of aromatic nitrogens is 2. The van der Waals surface area contributed by atoms with Crippen LogP contribution in [-0.4, -0.2) is 16.3 Å². The van der Waals surface area contributed by atoms with Crippen molar-refractivity contribution in [1.29, 1.82) is 0 Å². The summed E-state index contributed by atoms with van der Waals surface area (Å²) in [6.45, 7) is 4.28. The Morgan fingerprint density at radius 1 is 1.29 bits per heavy atom. The van der Waals surface area contributed by atoms with E-state index in [-0.39, 0.29) is 18.5 Å². The van der Waals surface area contributed by atoms with Crippen LogP contribution in [0.4, 0.5) is 0 Å². The highest BCUT2D eigenvalue weighted by Gasteiger charge is 2.17. The maximum absolute atomic E-state index is 12.0. The quantitative estimate of drug-likeness (QED) is 0.920. The normalized spacial score (nSPS) is 14.2. The summed E-state index contributed by atoms with van der Waals surface area (Å²) in [5.41, 5.74) is 8.40. The lowest BCUT2D eigenvalue weighted by atomic mass is 10.1. The highest BCUT2D eigenvalue weighted by molar-refractivity contribution is 5.45. The average molecular weight is 287 g/mol. The number of benzene rings is 1. The van der Waals surface area contributed by atoms with Crippen molar-refractivity contribution in [3.8, 4) is 11.5 Å². The Kier molecular flexibility index (Phi) is 3.39. The summed E-state index contributed by atoms with van der Waals surface area (Å²) in [5, 5.41) is 0. The third-order valence-electron chi connectivity index (χ3n) is 3.55. The van der Waals surface area contributed by atoms with Gasteiger partial charge in [-0.15, -0.1) is 0 Å². The summed E-state index contributed by atoms with van der Waals surface area (Å²) in [7, 11) is 0. The van der Waals surface area contributed by atoms with E-state index < -0.39 is 0 Å². The van der Waals surface area contributed by atoms with Gasteiger partial charge in [0.1, 0.15) is 0 Å². The van der Waals surface area contributed by atoms with Gasteiger partial charge in [0.25, 0.3) is 0 Å². The first kappa shape index (κ1) is 13.6. The van der Waals surface area contributed by atoms with Crippen LogP contribution in [0.5, 0.6) is 11.5 Å². The van der Waals surface area contributed by atoms with Crippen LogP contribution in [0.15, 0.2) is 29.1 Å². The summed E-state index contributed by atoms with van der Waals surface area (Å²) in [6.07, 6.45) is 0. The SMILES string of the molecule is Cc1cc(C)n(CC(N)c2ccc3c(c2)OCO3)c(=O)n1. The molecular weight excluding hydrogens is 270 g/mol. The fourth-order valence-corrected chi connectivity index (χ4v) is 2.44. The van der Waals surface area contributed by atoms with Crippen LogP contribution in [0.25, 0.3) is 0 Å². The van der Waals surface area contributed by atoms with E-state index in [2.05, 4.69) is 4.98 Å². The molecule has 0 bridgehead atoms. The molecule has 0 radical (unpaired) electrons. The van der Waals surface area contributed by atoms with E-state index in [0.29, 0.717) is 18.0 Å². The van der Waals surface area contributed by atoms with Crippen molar-refractivity contribution in [3.63, 3.8) is 0 Å². The van der Waals surface area contributed by atoms with Gasteiger partial charge in [-0.1, -0.05) is 6.07 Å². The van der Waals surface area contributed by atoms with Gasteiger partial charge in [0.05, 0.1) is 0 Å². The number of aryl methyl sites for hydroxylation is 2. The maximum Gasteiger partial charge on any atom is 0.348 e. The zero-order valence-corrected chi connectivity index (χ0v) is 12.0. The molecule has 21 heavy (non-hydrogen) atoms. The minimum atomic E-state index is -0.319. The molecule has 0 fully saturated rings. The van der Waals surface area contributed by atoms with E-state index in [4.69, 9.17) is 15.2 Å². The van der Waals surface area contributed by atoms with Crippen molar-refractivity contribution in [2.24, 2.45) is 5.73 Å². The third-order valence-corrected chi connectivity index (χ3v) is 3.55. The molecule has 2 N–H and O–H groups in total. The Hall–Kier alpha value is -2.34. The van der Waals surface area contributed by atoms with E-state index in [9.17, 15) is 4.79 Å².